The van der Waals surface area contributed by atoms with E-state index in [1.54, 1.807) is 0 Å². The lowest BCUT2D eigenvalue weighted by Gasteiger charge is -2.43. The number of Topliss-reactive ketones (excluding diaryl/α,β-unsaturated/α-hetero) is 1. The van der Waals surface area contributed by atoms with Gasteiger partial charge < -0.3 is 9.16 Å². The Balaban J connectivity index is 5.55. The van der Waals surface area contributed by atoms with Crippen LogP contribution in [0.15, 0.2) is 12.7 Å². The minimum atomic E-state index is -2.03. The van der Waals surface area contributed by atoms with Gasteiger partial charge in [-0.15, -0.1) is 6.58 Å². The number of methoxy groups -OCH3 is 1. The predicted octanol–water partition coefficient (Wildman–Crippen LogP) is 5.77. The van der Waals surface area contributed by atoms with Crippen molar-refractivity contribution in [2.75, 3.05) is 7.11 Å². The molecule has 0 saturated carbocycles. The maximum Gasteiger partial charge on any atom is 0.305 e. The highest BCUT2D eigenvalue weighted by molar-refractivity contribution is 6.74. The van der Waals surface area contributed by atoms with Gasteiger partial charge in [-0.3, -0.25) is 9.59 Å². The molecule has 0 aliphatic carbocycles. The molecule has 158 valence electrons. The number of rotatable bonds is 11. The second-order valence-corrected chi connectivity index (χ2v) is 14.7. The Morgan fingerprint density at radius 2 is 1.63 bits per heavy atom. The first kappa shape index (κ1) is 26.1. The summed E-state index contributed by atoms with van der Waals surface area (Å²) in [5.41, 5.74) is -0.601. The van der Waals surface area contributed by atoms with E-state index in [9.17, 15) is 9.59 Å². The topological polar surface area (TPSA) is 52.6 Å². The maximum absolute atomic E-state index is 13.3. The van der Waals surface area contributed by atoms with Crippen LogP contribution in [-0.2, 0) is 18.8 Å². The number of allylic oxidation sites excluding steroid dienone is 1. The number of carbonyl (C=O) groups excluding carboxylic acids is 2. The molecule has 4 nitrogen and oxygen atoms in total. The van der Waals surface area contributed by atoms with Crippen LogP contribution in [0.2, 0.25) is 18.1 Å². The summed E-state index contributed by atoms with van der Waals surface area (Å²) in [5.74, 6) is -0.183. The van der Waals surface area contributed by atoms with Crippen molar-refractivity contribution in [1.82, 2.24) is 0 Å². The van der Waals surface area contributed by atoms with Crippen molar-refractivity contribution < 1.29 is 18.8 Å². The summed E-state index contributed by atoms with van der Waals surface area (Å²) in [6.07, 6.45) is 3.27. The third-order valence-electron chi connectivity index (χ3n) is 6.09. The normalized spacial score (nSPS) is 16.4. The van der Waals surface area contributed by atoms with E-state index in [4.69, 9.17) is 9.16 Å². The molecule has 0 spiro atoms. The van der Waals surface area contributed by atoms with Crippen LogP contribution >= 0.6 is 0 Å². The van der Waals surface area contributed by atoms with Crippen LogP contribution in [0.25, 0.3) is 0 Å². The monoisotopic (exact) mass is 398 g/mol. The molecule has 0 N–H and O–H groups in total. The van der Waals surface area contributed by atoms with Gasteiger partial charge in [0.25, 0.3) is 0 Å². The molecule has 0 rings (SSSR count). The summed E-state index contributed by atoms with van der Waals surface area (Å²) in [7, 11) is -0.655. The van der Waals surface area contributed by atoms with Gasteiger partial charge in [0.2, 0.25) is 0 Å². The molecule has 0 fully saturated rings. The van der Waals surface area contributed by atoms with Crippen LogP contribution < -0.4 is 0 Å². The average Bonchev–Trinajstić information content (AvgIpc) is 2.55. The number of hydrogen-bond donors (Lipinski definition) is 0. The Morgan fingerprint density at radius 3 is 2.04 bits per heavy atom. The number of ketones is 1. The van der Waals surface area contributed by atoms with E-state index in [1.807, 2.05) is 26.8 Å². The van der Waals surface area contributed by atoms with Crippen LogP contribution in [-0.4, -0.2) is 33.3 Å². The zero-order valence-corrected chi connectivity index (χ0v) is 20.3. The standard InChI is InChI=1S/C22H42O4Si/c1-12-13-16(2)19(26-27(10,11)21(4,5)6)17(3)20(24)22(7,8)15-14-18(23)25-9/h12,16-17,19H,1,13-15H2,2-11H3/t16-,17+,19-/m0/s1. The van der Waals surface area contributed by atoms with E-state index in [1.165, 1.54) is 7.11 Å². The van der Waals surface area contributed by atoms with E-state index in [-0.39, 0.29) is 41.2 Å². The first-order valence-corrected chi connectivity index (χ1v) is 12.9. The molecule has 0 radical (unpaired) electrons. The quantitative estimate of drug-likeness (QED) is 0.252. The highest BCUT2D eigenvalue weighted by Crippen LogP contribution is 2.40. The molecular weight excluding hydrogens is 356 g/mol. The zero-order chi connectivity index (χ0) is 21.6. The second kappa shape index (κ2) is 10.0. The Kier molecular flexibility index (Phi) is 9.66. The van der Waals surface area contributed by atoms with Crippen molar-refractivity contribution in [2.24, 2.45) is 17.3 Å². The molecule has 0 bridgehead atoms. The average molecular weight is 399 g/mol. The molecular formula is C22H42O4Si. The zero-order valence-electron chi connectivity index (χ0n) is 19.3. The SMILES string of the molecule is C=CC[C@H](C)[C@H](O[Si](C)(C)C(C)(C)C)[C@@H](C)C(=O)C(C)(C)CCC(=O)OC. The maximum atomic E-state index is 13.3. The van der Waals surface area contributed by atoms with Crippen molar-refractivity contribution in [3.8, 4) is 0 Å². The summed E-state index contributed by atoms with van der Waals surface area (Å²) < 4.78 is 11.4. The molecule has 27 heavy (non-hydrogen) atoms. The van der Waals surface area contributed by atoms with Gasteiger partial charge in [0, 0.05) is 17.8 Å². The molecule has 5 heteroatoms. The predicted molar refractivity (Wildman–Crippen MR) is 115 cm³/mol. The number of ether oxygens (including phenoxy) is 1. The lowest BCUT2D eigenvalue weighted by molar-refractivity contribution is -0.142. The van der Waals surface area contributed by atoms with E-state index < -0.39 is 13.7 Å². The fourth-order valence-corrected chi connectivity index (χ4v) is 4.50. The second-order valence-electron chi connectivity index (χ2n) is 9.96. The van der Waals surface area contributed by atoms with Crippen LogP contribution in [0.5, 0.6) is 0 Å². The van der Waals surface area contributed by atoms with E-state index >= 15 is 0 Å². The summed E-state index contributed by atoms with van der Waals surface area (Å²) in [4.78, 5) is 24.8. The Morgan fingerprint density at radius 1 is 1.11 bits per heavy atom. The first-order valence-electron chi connectivity index (χ1n) is 10.0. The van der Waals surface area contributed by atoms with Crippen LogP contribution in [0.4, 0.5) is 0 Å². The molecule has 3 atom stereocenters. The minimum absolute atomic E-state index is 0.0717. The third-order valence-corrected chi connectivity index (χ3v) is 10.6. The molecule has 0 unspecified atom stereocenters. The lowest BCUT2D eigenvalue weighted by atomic mass is 9.74. The van der Waals surface area contributed by atoms with E-state index in [0.717, 1.165) is 6.42 Å². The van der Waals surface area contributed by atoms with Crippen molar-refractivity contribution in [1.29, 1.82) is 0 Å². The highest BCUT2D eigenvalue weighted by Gasteiger charge is 2.44. The van der Waals surface area contributed by atoms with Crippen molar-refractivity contribution in [2.45, 2.75) is 92.0 Å². The first-order chi connectivity index (χ1) is 12.1. The van der Waals surface area contributed by atoms with Crippen LogP contribution in [0, 0.1) is 17.3 Å². The largest absolute Gasteiger partial charge is 0.469 e. The van der Waals surface area contributed by atoms with Gasteiger partial charge in [-0.1, -0.05) is 54.5 Å². The molecule has 0 aliphatic heterocycles. The Bertz CT molecular complexity index is 517. The smallest absolute Gasteiger partial charge is 0.305 e. The van der Waals surface area contributed by atoms with Gasteiger partial charge >= 0.3 is 5.97 Å². The summed E-state index contributed by atoms with van der Waals surface area (Å²) in [6.45, 7) is 22.9. The molecule has 0 aromatic carbocycles. The number of hydrogen-bond acceptors (Lipinski definition) is 4. The molecule has 0 amide bonds. The molecule has 0 aromatic heterocycles. The van der Waals surface area contributed by atoms with Crippen LogP contribution in [0.1, 0.15) is 67.7 Å². The minimum Gasteiger partial charge on any atom is -0.469 e. The Labute approximate surface area is 168 Å². The third kappa shape index (κ3) is 7.53. The molecule has 0 aliphatic rings. The fourth-order valence-electron chi connectivity index (χ4n) is 3.03. The summed E-state index contributed by atoms with van der Waals surface area (Å²) in [6, 6.07) is 0. The Hall–Kier alpha value is -0.943. The van der Waals surface area contributed by atoms with Gasteiger partial charge in [-0.2, -0.15) is 0 Å². The molecule has 0 heterocycles. The number of carbonyl (C=O) groups is 2. The van der Waals surface area contributed by atoms with Crippen molar-refractivity contribution >= 4 is 20.1 Å². The van der Waals surface area contributed by atoms with Gasteiger partial charge in [0.15, 0.2) is 8.32 Å². The van der Waals surface area contributed by atoms with Gasteiger partial charge in [-0.05, 0) is 36.9 Å². The summed E-state index contributed by atoms with van der Waals surface area (Å²) in [5, 5.41) is 0.0717. The van der Waals surface area contributed by atoms with Crippen LogP contribution in [0.3, 0.4) is 0 Å². The highest BCUT2D eigenvalue weighted by atomic mass is 28.4. The molecule has 0 saturated heterocycles. The van der Waals surface area contributed by atoms with Gasteiger partial charge in [0.05, 0.1) is 13.2 Å². The lowest BCUT2D eigenvalue weighted by Crippen LogP contribution is -2.50. The fraction of sp³-hybridized carbons (Fsp3) is 0.818. The van der Waals surface area contributed by atoms with Gasteiger partial charge in [-0.25, -0.2) is 0 Å². The van der Waals surface area contributed by atoms with Crippen molar-refractivity contribution in [3.05, 3.63) is 12.7 Å². The van der Waals surface area contributed by atoms with Crippen molar-refractivity contribution in [3.63, 3.8) is 0 Å². The van der Waals surface area contributed by atoms with E-state index in [0.29, 0.717) is 6.42 Å². The molecule has 0 aromatic rings. The van der Waals surface area contributed by atoms with Gasteiger partial charge in [0.1, 0.15) is 5.78 Å². The summed E-state index contributed by atoms with van der Waals surface area (Å²) >= 11 is 0. The number of esters is 1. The van der Waals surface area contributed by atoms with E-state index in [2.05, 4.69) is 47.4 Å².